The predicted molar refractivity (Wildman–Crippen MR) is 195 cm³/mol. The van der Waals surface area contributed by atoms with E-state index in [1.54, 1.807) is 49.4 Å². The molecule has 4 amide bonds. The Balaban J connectivity index is 1.46. The number of nitrogens with two attached hydrogens (primary N) is 1. The Labute approximate surface area is 305 Å². The number of fused-ring (bicyclic) bond motifs is 3. The number of aromatic hydroxyl groups is 1. The van der Waals surface area contributed by atoms with Crippen LogP contribution in [0.3, 0.4) is 0 Å². The first-order valence-corrected chi connectivity index (χ1v) is 17.8. The number of rotatable bonds is 14. The first-order valence-electron chi connectivity index (χ1n) is 17.0. The van der Waals surface area contributed by atoms with Gasteiger partial charge in [-0.2, -0.15) is 0 Å². The maximum atomic E-state index is 14.4. The van der Waals surface area contributed by atoms with Gasteiger partial charge in [0.1, 0.15) is 29.2 Å². The third kappa shape index (κ3) is 8.83. The molecule has 13 heteroatoms. The number of H-pyrrole nitrogens is 1. The van der Waals surface area contributed by atoms with Crippen LogP contribution in [0, 0.1) is 11.7 Å². The number of aromatic amines is 1. The second kappa shape index (κ2) is 16.2. The molecule has 1 aromatic heterocycles. The highest BCUT2D eigenvalue weighted by Crippen LogP contribution is 2.38. The molecule has 5 rings (SSSR count). The number of nitrogens with one attached hydrogen (secondary N) is 4. The quantitative estimate of drug-likeness (QED) is 0.101. The minimum atomic E-state index is -1.55. The van der Waals surface area contributed by atoms with E-state index in [0.29, 0.717) is 45.8 Å². The highest BCUT2D eigenvalue weighted by molar-refractivity contribution is 6.38. The van der Waals surface area contributed by atoms with Crippen LogP contribution in [0.15, 0.2) is 60.7 Å². The Morgan fingerprint density at radius 1 is 1.04 bits per heavy atom. The lowest BCUT2D eigenvalue weighted by Crippen LogP contribution is -2.66. The van der Waals surface area contributed by atoms with Crippen LogP contribution in [0.2, 0.25) is 10.0 Å². The van der Waals surface area contributed by atoms with Crippen molar-refractivity contribution in [1.29, 1.82) is 0 Å². The van der Waals surface area contributed by atoms with Crippen molar-refractivity contribution in [3.05, 3.63) is 98.9 Å². The van der Waals surface area contributed by atoms with Crippen LogP contribution in [0.1, 0.15) is 61.9 Å². The zero-order valence-electron chi connectivity index (χ0n) is 28.5. The van der Waals surface area contributed by atoms with Crippen molar-refractivity contribution in [2.45, 2.75) is 82.8 Å². The van der Waals surface area contributed by atoms with Crippen LogP contribution in [0.25, 0.3) is 10.9 Å². The molecule has 1 aliphatic carbocycles. The van der Waals surface area contributed by atoms with Crippen LogP contribution in [0.5, 0.6) is 5.75 Å². The molecule has 4 unspecified atom stereocenters. The smallest absolute Gasteiger partial charge is 0.246 e. The molecule has 4 aromatic rings. The molecule has 0 fully saturated rings. The van der Waals surface area contributed by atoms with Gasteiger partial charge in [0.2, 0.25) is 23.6 Å². The topological polar surface area (TPSA) is 166 Å². The lowest BCUT2D eigenvalue weighted by atomic mass is 9.78. The van der Waals surface area contributed by atoms with Crippen LogP contribution < -0.4 is 21.7 Å². The minimum absolute atomic E-state index is 0.0362. The van der Waals surface area contributed by atoms with E-state index < -0.39 is 47.1 Å². The van der Waals surface area contributed by atoms with E-state index in [-0.39, 0.29) is 43.8 Å². The van der Waals surface area contributed by atoms with Gasteiger partial charge in [-0.05, 0) is 85.0 Å². The summed E-state index contributed by atoms with van der Waals surface area (Å²) in [6.07, 6.45) is 1.66. The fourth-order valence-electron chi connectivity index (χ4n) is 6.62. The summed E-state index contributed by atoms with van der Waals surface area (Å²) in [5.41, 5.74) is 7.59. The highest BCUT2D eigenvalue weighted by atomic mass is 35.5. The van der Waals surface area contributed by atoms with Gasteiger partial charge in [-0.25, -0.2) is 4.39 Å². The van der Waals surface area contributed by atoms with E-state index in [1.165, 1.54) is 18.2 Å². The molecule has 0 saturated heterocycles. The van der Waals surface area contributed by atoms with E-state index in [0.717, 1.165) is 16.8 Å². The minimum Gasteiger partial charge on any atom is -0.508 e. The van der Waals surface area contributed by atoms with Crippen molar-refractivity contribution in [3.8, 4) is 5.75 Å². The summed E-state index contributed by atoms with van der Waals surface area (Å²) in [6, 6.07) is 13.9. The number of carbonyl (C=O) groups is 4. The molecule has 1 aliphatic rings. The zero-order valence-corrected chi connectivity index (χ0v) is 30.0. The molecule has 270 valence electrons. The Morgan fingerprint density at radius 3 is 2.45 bits per heavy atom. The number of benzene rings is 3. The molecule has 0 saturated carbocycles. The number of primary amides is 1. The molecule has 51 heavy (non-hydrogen) atoms. The van der Waals surface area contributed by atoms with Crippen LogP contribution >= 0.6 is 23.2 Å². The Morgan fingerprint density at radius 2 is 1.76 bits per heavy atom. The van der Waals surface area contributed by atoms with E-state index in [4.69, 9.17) is 28.9 Å². The van der Waals surface area contributed by atoms with Crippen molar-refractivity contribution < 1.29 is 28.7 Å². The molecule has 3 aromatic carbocycles. The highest BCUT2D eigenvalue weighted by Gasteiger charge is 2.46. The fraction of sp³-hybridized carbons (Fsp3) is 0.368. The van der Waals surface area contributed by atoms with Gasteiger partial charge >= 0.3 is 0 Å². The van der Waals surface area contributed by atoms with E-state index >= 15 is 0 Å². The summed E-state index contributed by atoms with van der Waals surface area (Å²) < 4.78 is 14.3. The van der Waals surface area contributed by atoms with Crippen LogP contribution in [0.4, 0.5) is 4.39 Å². The van der Waals surface area contributed by atoms with Gasteiger partial charge in [0.15, 0.2) is 0 Å². The summed E-state index contributed by atoms with van der Waals surface area (Å²) in [6.45, 7) is 3.68. The lowest BCUT2D eigenvalue weighted by Gasteiger charge is -2.39. The number of hydrogen-bond donors (Lipinski definition) is 6. The van der Waals surface area contributed by atoms with Crippen molar-refractivity contribution in [2.24, 2.45) is 11.7 Å². The van der Waals surface area contributed by atoms with Gasteiger partial charge in [0, 0.05) is 28.9 Å². The number of amides is 4. The molecule has 7 N–H and O–H groups in total. The van der Waals surface area contributed by atoms with Gasteiger partial charge in [-0.15, -0.1) is 0 Å². The number of hydrogen-bond acceptors (Lipinski definition) is 5. The molecule has 10 nitrogen and oxygen atoms in total. The molecule has 0 radical (unpaired) electrons. The lowest BCUT2D eigenvalue weighted by molar-refractivity contribution is -0.138. The number of halogens is 3. The van der Waals surface area contributed by atoms with Gasteiger partial charge in [-0.3, -0.25) is 19.2 Å². The van der Waals surface area contributed by atoms with Crippen LogP contribution in [-0.4, -0.2) is 51.3 Å². The normalized spacial score (nSPS) is 17.2. The second-order valence-corrected chi connectivity index (χ2v) is 14.1. The zero-order chi connectivity index (χ0) is 36.9. The average Bonchev–Trinajstić information content (AvgIpc) is 3.46. The molecule has 0 spiro atoms. The summed E-state index contributed by atoms with van der Waals surface area (Å²) in [4.78, 5) is 57.9. The largest absolute Gasteiger partial charge is 0.508 e. The maximum Gasteiger partial charge on any atom is 0.246 e. The van der Waals surface area contributed by atoms with Crippen molar-refractivity contribution in [1.82, 2.24) is 20.9 Å². The van der Waals surface area contributed by atoms with E-state index in [2.05, 4.69) is 20.9 Å². The third-order valence-electron chi connectivity index (χ3n) is 9.79. The Kier molecular flexibility index (Phi) is 11.9. The number of aryl methyl sites for hydroxylation is 3. The Hall–Kier alpha value is -4.61. The number of phenols is 1. The standard InChI is InChI=1S/C38H42Cl2FN5O5/c1-3-21(2)33(35(42)49)45-37(51)38(17-16-30-27(20-38)26-18-24(39)19-28(40)34(26)44-30)46-36(50)31(14-10-22-8-12-25(47)13-9-22)43-32(48)15-11-23-6-4-5-7-29(23)41/h4-9,12-13,18-19,21,31,33,44,47H,3,10-11,14-17,20H2,1-2H3,(H2,42,49)(H,43,48)(H,45,51)(H,46,50). The van der Waals surface area contributed by atoms with Gasteiger partial charge in [0.05, 0.1) is 10.5 Å². The molecule has 1 heterocycles. The first kappa shape index (κ1) is 37.6. The van der Waals surface area contributed by atoms with E-state index in [9.17, 15) is 28.7 Å². The number of phenolic OH excluding ortho intramolecular Hbond substituents is 1. The predicted octanol–water partition coefficient (Wildman–Crippen LogP) is 5.43. The summed E-state index contributed by atoms with van der Waals surface area (Å²) in [7, 11) is 0. The van der Waals surface area contributed by atoms with Gasteiger partial charge in [-0.1, -0.05) is 73.8 Å². The first-order chi connectivity index (χ1) is 24.3. The molecular weight excluding hydrogens is 696 g/mol. The molecular formula is C38H42Cl2FN5O5. The van der Waals surface area contributed by atoms with Gasteiger partial charge < -0.3 is 31.8 Å². The summed E-state index contributed by atoms with van der Waals surface area (Å²) >= 11 is 12.9. The summed E-state index contributed by atoms with van der Waals surface area (Å²) in [5, 5.41) is 19.9. The number of aromatic nitrogens is 1. The van der Waals surface area contributed by atoms with Crippen molar-refractivity contribution in [3.63, 3.8) is 0 Å². The SMILES string of the molecule is CCC(C)C(NC(=O)C1(NC(=O)C(CCc2ccc(O)cc2)NC(=O)CCc2ccccc2F)CCc2[nH]c3c(Cl)cc(Cl)cc3c2C1)C(N)=O. The molecule has 4 atom stereocenters. The van der Waals surface area contributed by atoms with E-state index in [1.807, 2.05) is 6.92 Å². The molecule has 0 aliphatic heterocycles. The second-order valence-electron chi connectivity index (χ2n) is 13.3. The monoisotopic (exact) mass is 737 g/mol. The summed E-state index contributed by atoms with van der Waals surface area (Å²) in [5.74, 6) is -2.99. The van der Waals surface area contributed by atoms with Crippen molar-refractivity contribution in [2.75, 3.05) is 0 Å². The number of carbonyl (C=O) groups excluding carboxylic acids is 4. The van der Waals surface area contributed by atoms with Crippen LogP contribution in [-0.2, 0) is 44.9 Å². The third-order valence-corrected chi connectivity index (χ3v) is 10.3. The van der Waals surface area contributed by atoms with Gasteiger partial charge in [0.25, 0.3) is 0 Å². The maximum absolute atomic E-state index is 14.4. The Bertz CT molecular complexity index is 1930. The molecule has 0 bridgehead atoms. The average molecular weight is 739 g/mol. The van der Waals surface area contributed by atoms with Crippen molar-refractivity contribution >= 4 is 57.7 Å². The fourth-order valence-corrected chi connectivity index (χ4v) is 7.16.